The summed E-state index contributed by atoms with van der Waals surface area (Å²) in [7, 11) is 1.97. The minimum atomic E-state index is -0.107. The molecule has 2 unspecified atom stereocenters. The van der Waals surface area contributed by atoms with Crippen LogP contribution in [0.5, 0.6) is 0 Å². The number of carbonyl (C=O) groups is 1. The van der Waals surface area contributed by atoms with Gasteiger partial charge in [0.2, 0.25) is 5.91 Å². The van der Waals surface area contributed by atoms with Crippen molar-refractivity contribution < 1.29 is 4.79 Å². The highest BCUT2D eigenvalue weighted by Crippen LogP contribution is 2.54. The zero-order valence-corrected chi connectivity index (χ0v) is 20.5. The van der Waals surface area contributed by atoms with Crippen LogP contribution >= 0.6 is 39.0 Å². The van der Waals surface area contributed by atoms with E-state index in [2.05, 4.69) is 60.7 Å². The van der Waals surface area contributed by atoms with Crippen molar-refractivity contribution in [3.8, 4) is 11.3 Å². The summed E-state index contributed by atoms with van der Waals surface area (Å²) < 4.78 is 3.03. The molecule has 4 aromatic rings. The lowest BCUT2D eigenvalue weighted by molar-refractivity contribution is -0.113. The maximum Gasteiger partial charge on any atom is 0.236 e. The van der Waals surface area contributed by atoms with E-state index in [0.29, 0.717) is 17.0 Å². The molecule has 1 N–H and O–H groups in total. The highest BCUT2D eigenvalue weighted by Gasteiger charge is 2.42. The summed E-state index contributed by atoms with van der Waals surface area (Å²) in [5.41, 5.74) is 3.21. The first kappa shape index (κ1) is 21.4. The minimum absolute atomic E-state index is 0.107. The number of hydrogen-bond acceptors (Lipinski definition) is 6. The SMILES string of the molecule is Cn1c(SCC(=O)Nc2nc(-c3ccc(Br)cc3)cs2)nnc1C1CC1c1ccccc1. The van der Waals surface area contributed by atoms with E-state index in [1.165, 1.54) is 28.7 Å². The zero-order chi connectivity index (χ0) is 22.1. The summed E-state index contributed by atoms with van der Waals surface area (Å²) in [6, 6.07) is 18.5. The average molecular weight is 526 g/mol. The molecule has 1 aliphatic rings. The van der Waals surface area contributed by atoms with Gasteiger partial charge in [-0.25, -0.2) is 4.98 Å². The zero-order valence-electron chi connectivity index (χ0n) is 17.2. The second-order valence-electron chi connectivity index (χ2n) is 7.64. The van der Waals surface area contributed by atoms with Crippen molar-refractivity contribution in [1.29, 1.82) is 0 Å². The van der Waals surface area contributed by atoms with Gasteiger partial charge in [0.05, 0.1) is 11.4 Å². The number of anilines is 1. The Labute approximate surface area is 202 Å². The molecule has 1 aliphatic carbocycles. The lowest BCUT2D eigenvalue weighted by Gasteiger charge is -2.04. The van der Waals surface area contributed by atoms with Crippen molar-refractivity contribution in [3.63, 3.8) is 0 Å². The molecule has 9 heteroatoms. The van der Waals surface area contributed by atoms with Gasteiger partial charge in [-0.3, -0.25) is 4.79 Å². The van der Waals surface area contributed by atoms with Crippen LogP contribution in [-0.4, -0.2) is 31.4 Å². The predicted octanol–water partition coefficient (Wildman–Crippen LogP) is 5.70. The number of hydrogen-bond donors (Lipinski definition) is 1. The molecule has 32 heavy (non-hydrogen) atoms. The molecule has 0 aliphatic heterocycles. The molecule has 0 saturated heterocycles. The Morgan fingerprint density at radius 1 is 1.16 bits per heavy atom. The molecule has 0 bridgehead atoms. The van der Waals surface area contributed by atoms with Crippen molar-refractivity contribution in [2.75, 3.05) is 11.1 Å². The monoisotopic (exact) mass is 525 g/mol. The number of thioether (sulfide) groups is 1. The molecule has 1 fully saturated rings. The van der Waals surface area contributed by atoms with Gasteiger partial charge in [-0.15, -0.1) is 21.5 Å². The van der Waals surface area contributed by atoms with Crippen molar-refractivity contribution in [2.45, 2.75) is 23.4 Å². The number of rotatable bonds is 7. The van der Waals surface area contributed by atoms with Crippen LogP contribution in [0.3, 0.4) is 0 Å². The smallest absolute Gasteiger partial charge is 0.236 e. The van der Waals surface area contributed by atoms with Gasteiger partial charge < -0.3 is 9.88 Å². The molecule has 162 valence electrons. The molecule has 2 aromatic heterocycles. The number of thiazole rings is 1. The second-order valence-corrected chi connectivity index (χ2v) is 10.4. The van der Waals surface area contributed by atoms with Gasteiger partial charge in [-0.05, 0) is 30.0 Å². The summed E-state index contributed by atoms with van der Waals surface area (Å²) in [6.07, 6.45) is 1.09. The van der Waals surface area contributed by atoms with E-state index >= 15 is 0 Å². The fourth-order valence-corrected chi connectivity index (χ4v) is 5.41. The van der Waals surface area contributed by atoms with E-state index in [1.54, 1.807) is 0 Å². The van der Waals surface area contributed by atoms with E-state index in [-0.39, 0.29) is 11.7 Å². The molecule has 0 spiro atoms. The number of nitrogens with zero attached hydrogens (tertiary/aromatic N) is 4. The standard InChI is InChI=1S/C23H20BrN5OS2/c1-29-21(18-11-17(18)14-5-3-2-4-6-14)27-28-23(29)32-13-20(30)26-22-25-19(12-31-22)15-7-9-16(24)10-8-15/h2-10,12,17-18H,11,13H2,1H3,(H,25,26,30). The highest BCUT2D eigenvalue weighted by atomic mass is 79.9. The number of aromatic nitrogens is 4. The van der Waals surface area contributed by atoms with Crippen molar-refractivity contribution in [3.05, 3.63) is 75.8 Å². The van der Waals surface area contributed by atoms with E-state index < -0.39 is 0 Å². The maximum atomic E-state index is 12.4. The molecular formula is C23H20BrN5OS2. The Morgan fingerprint density at radius 3 is 2.72 bits per heavy atom. The van der Waals surface area contributed by atoms with E-state index in [1.807, 2.05) is 47.3 Å². The first-order chi connectivity index (χ1) is 15.6. The average Bonchev–Trinajstić information content (AvgIpc) is 3.31. The first-order valence-corrected chi connectivity index (χ1v) is 12.8. The van der Waals surface area contributed by atoms with Crippen LogP contribution in [-0.2, 0) is 11.8 Å². The summed E-state index contributed by atoms with van der Waals surface area (Å²) in [4.78, 5) is 17.0. The fourth-order valence-electron chi connectivity index (χ4n) is 3.69. The third kappa shape index (κ3) is 4.65. The molecule has 1 saturated carbocycles. The minimum Gasteiger partial charge on any atom is -0.309 e. The second kappa shape index (κ2) is 9.17. The third-order valence-corrected chi connectivity index (χ3v) is 7.75. The van der Waals surface area contributed by atoms with Gasteiger partial charge in [-0.2, -0.15) is 0 Å². The Bertz CT molecular complexity index is 1240. The molecule has 2 heterocycles. The lowest BCUT2D eigenvalue weighted by atomic mass is 10.1. The van der Waals surface area contributed by atoms with Crippen LogP contribution in [0.25, 0.3) is 11.3 Å². The van der Waals surface area contributed by atoms with Crippen LogP contribution in [0.2, 0.25) is 0 Å². The van der Waals surface area contributed by atoms with Crippen molar-refractivity contribution >= 4 is 50.1 Å². The number of halogens is 1. The fraction of sp³-hybridized carbons (Fsp3) is 0.217. The van der Waals surface area contributed by atoms with Crippen LogP contribution < -0.4 is 5.32 Å². The highest BCUT2D eigenvalue weighted by molar-refractivity contribution is 9.10. The molecule has 6 nitrogen and oxygen atoms in total. The number of benzene rings is 2. The van der Waals surface area contributed by atoms with Gasteiger partial charge in [0.25, 0.3) is 0 Å². The van der Waals surface area contributed by atoms with Crippen LogP contribution in [0.1, 0.15) is 29.6 Å². The van der Waals surface area contributed by atoms with Crippen molar-refractivity contribution in [1.82, 2.24) is 19.7 Å². The van der Waals surface area contributed by atoms with E-state index in [4.69, 9.17) is 0 Å². The molecule has 5 rings (SSSR count). The summed E-state index contributed by atoms with van der Waals surface area (Å²) in [6.45, 7) is 0. The summed E-state index contributed by atoms with van der Waals surface area (Å²) >= 11 is 6.25. The summed E-state index contributed by atoms with van der Waals surface area (Å²) in [5, 5.41) is 14.9. The van der Waals surface area contributed by atoms with E-state index in [9.17, 15) is 4.79 Å². The predicted molar refractivity (Wildman–Crippen MR) is 132 cm³/mol. The van der Waals surface area contributed by atoms with Crippen LogP contribution in [0, 0.1) is 0 Å². The maximum absolute atomic E-state index is 12.4. The lowest BCUT2D eigenvalue weighted by Crippen LogP contribution is -2.14. The van der Waals surface area contributed by atoms with Crippen LogP contribution in [0.4, 0.5) is 5.13 Å². The number of nitrogens with one attached hydrogen (secondary N) is 1. The number of amides is 1. The van der Waals surface area contributed by atoms with Crippen LogP contribution in [0.15, 0.2) is 69.6 Å². The Balaban J connectivity index is 1.16. The molecule has 0 radical (unpaired) electrons. The first-order valence-electron chi connectivity index (χ1n) is 10.2. The Morgan fingerprint density at radius 2 is 1.94 bits per heavy atom. The van der Waals surface area contributed by atoms with Gasteiger partial charge >= 0.3 is 0 Å². The normalized spacial score (nSPS) is 17.3. The van der Waals surface area contributed by atoms with Gasteiger partial charge in [-0.1, -0.05) is 70.2 Å². The number of carbonyl (C=O) groups excluding carboxylic acids is 1. The summed E-state index contributed by atoms with van der Waals surface area (Å²) in [5.74, 6) is 2.03. The Kier molecular flexibility index (Phi) is 6.12. The molecule has 1 amide bonds. The molecule has 2 aromatic carbocycles. The van der Waals surface area contributed by atoms with Gasteiger partial charge in [0, 0.05) is 28.4 Å². The quantitative estimate of drug-likeness (QED) is 0.313. The molecular weight excluding hydrogens is 506 g/mol. The third-order valence-electron chi connectivity index (χ3n) is 5.44. The van der Waals surface area contributed by atoms with Crippen molar-refractivity contribution in [2.24, 2.45) is 7.05 Å². The largest absolute Gasteiger partial charge is 0.309 e. The van der Waals surface area contributed by atoms with Gasteiger partial charge in [0.15, 0.2) is 10.3 Å². The topological polar surface area (TPSA) is 72.7 Å². The molecule has 2 atom stereocenters. The van der Waals surface area contributed by atoms with Gasteiger partial charge in [0.1, 0.15) is 5.82 Å². The Hall–Kier alpha value is -2.49. The van der Waals surface area contributed by atoms with E-state index in [0.717, 1.165) is 33.1 Å².